The number of hydrogen-bond donors (Lipinski definition) is 2. The van der Waals surface area contributed by atoms with Gasteiger partial charge in [-0.3, -0.25) is 9.59 Å². The molecular formula is C22H26N2O5. The van der Waals surface area contributed by atoms with Gasteiger partial charge in [-0.25, -0.2) is 0 Å². The minimum atomic E-state index is -0.448. The lowest BCUT2D eigenvalue weighted by Crippen LogP contribution is -2.55. The fourth-order valence-electron chi connectivity index (χ4n) is 3.47. The maximum atomic E-state index is 12.2. The van der Waals surface area contributed by atoms with E-state index in [9.17, 15) is 14.7 Å². The average Bonchev–Trinajstić information content (AvgIpc) is 2.73. The van der Waals surface area contributed by atoms with Crippen molar-refractivity contribution >= 4 is 17.5 Å². The topological polar surface area (TPSA) is 88.1 Å². The van der Waals surface area contributed by atoms with Gasteiger partial charge in [0.25, 0.3) is 5.91 Å². The number of nitrogens with zero attached hydrogens (tertiary/aromatic N) is 1. The third-order valence-electron chi connectivity index (χ3n) is 4.76. The first-order valence-corrected chi connectivity index (χ1v) is 9.61. The van der Waals surface area contributed by atoms with Crippen molar-refractivity contribution in [1.82, 2.24) is 4.90 Å². The predicted molar refractivity (Wildman–Crippen MR) is 109 cm³/mol. The van der Waals surface area contributed by atoms with Crippen LogP contribution in [-0.2, 0) is 14.3 Å². The second kappa shape index (κ2) is 9.54. The van der Waals surface area contributed by atoms with Gasteiger partial charge in [0, 0.05) is 11.7 Å². The Bertz CT molecular complexity index is 823. The molecule has 3 rings (SSSR count). The first-order valence-electron chi connectivity index (χ1n) is 9.61. The van der Waals surface area contributed by atoms with E-state index in [0.717, 1.165) is 5.56 Å². The molecule has 0 aromatic heterocycles. The van der Waals surface area contributed by atoms with E-state index in [2.05, 4.69) is 5.32 Å². The summed E-state index contributed by atoms with van der Waals surface area (Å²) in [5, 5.41) is 12.6. The smallest absolute Gasteiger partial charge is 0.262 e. The van der Waals surface area contributed by atoms with Crippen LogP contribution in [0.5, 0.6) is 5.75 Å². The highest BCUT2D eigenvalue weighted by Gasteiger charge is 2.38. The van der Waals surface area contributed by atoms with Gasteiger partial charge in [-0.2, -0.15) is 0 Å². The molecule has 154 valence electrons. The summed E-state index contributed by atoms with van der Waals surface area (Å²) in [5.74, 6) is 0.240. The summed E-state index contributed by atoms with van der Waals surface area (Å²) < 4.78 is 11.1. The molecule has 0 spiro atoms. The lowest BCUT2D eigenvalue weighted by Gasteiger charge is -2.42. The minimum absolute atomic E-state index is 0.0192. The molecule has 2 aromatic rings. The molecule has 1 aliphatic rings. The Balaban J connectivity index is 1.62. The Labute approximate surface area is 170 Å². The third-order valence-corrected chi connectivity index (χ3v) is 4.76. The highest BCUT2D eigenvalue weighted by Crippen LogP contribution is 2.31. The summed E-state index contributed by atoms with van der Waals surface area (Å²) in [6, 6.07) is 15.8. The molecule has 1 fully saturated rings. The summed E-state index contributed by atoms with van der Waals surface area (Å²) in [6.07, 6.45) is -0.425. The van der Waals surface area contributed by atoms with E-state index < -0.39 is 12.1 Å². The maximum absolute atomic E-state index is 12.2. The number of morpholine rings is 1. The molecular weight excluding hydrogens is 372 g/mol. The first kappa shape index (κ1) is 20.8. The zero-order valence-corrected chi connectivity index (χ0v) is 16.6. The van der Waals surface area contributed by atoms with Crippen molar-refractivity contribution in [2.45, 2.75) is 32.0 Å². The van der Waals surface area contributed by atoms with Crippen molar-refractivity contribution in [3.63, 3.8) is 0 Å². The first-order chi connectivity index (χ1) is 14.0. The summed E-state index contributed by atoms with van der Waals surface area (Å²) in [5.41, 5.74) is 1.46. The number of hydrogen-bond acceptors (Lipinski definition) is 5. The van der Waals surface area contributed by atoms with Gasteiger partial charge < -0.3 is 24.8 Å². The number of anilines is 1. The molecule has 0 bridgehead atoms. The second-order valence-electron chi connectivity index (χ2n) is 7.15. The monoisotopic (exact) mass is 398 g/mol. The number of carbonyl (C=O) groups excluding carboxylic acids is 2. The van der Waals surface area contributed by atoms with E-state index in [1.54, 1.807) is 29.2 Å². The Morgan fingerprint density at radius 1 is 1.21 bits per heavy atom. The van der Waals surface area contributed by atoms with Crippen molar-refractivity contribution in [2.24, 2.45) is 0 Å². The quantitative estimate of drug-likeness (QED) is 0.748. The molecule has 2 aromatic carbocycles. The van der Waals surface area contributed by atoms with E-state index in [1.165, 1.54) is 0 Å². The fraction of sp³-hybridized carbons (Fsp3) is 0.364. The van der Waals surface area contributed by atoms with E-state index in [1.807, 2.05) is 44.2 Å². The number of para-hydroxylation sites is 1. The fourth-order valence-corrected chi connectivity index (χ4v) is 3.47. The number of ether oxygens (including phenoxy) is 2. The minimum Gasteiger partial charge on any atom is -0.484 e. The van der Waals surface area contributed by atoms with Crippen LogP contribution in [0, 0.1) is 0 Å². The van der Waals surface area contributed by atoms with Gasteiger partial charge in [-0.15, -0.1) is 0 Å². The molecule has 2 atom stereocenters. The number of rotatable bonds is 7. The van der Waals surface area contributed by atoms with Gasteiger partial charge in [0.15, 0.2) is 6.61 Å². The van der Waals surface area contributed by atoms with Crippen LogP contribution in [0.4, 0.5) is 5.69 Å². The Hall–Kier alpha value is -2.90. The molecule has 1 heterocycles. The van der Waals surface area contributed by atoms with Crippen LogP contribution >= 0.6 is 0 Å². The summed E-state index contributed by atoms with van der Waals surface area (Å²) in [7, 11) is 0. The zero-order chi connectivity index (χ0) is 20.8. The van der Waals surface area contributed by atoms with Crippen LogP contribution in [0.2, 0.25) is 0 Å². The Morgan fingerprint density at radius 2 is 1.90 bits per heavy atom. The molecule has 0 aliphatic carbocycles. The summed E-state index contributed by atoms with van der Waals surface area (Å²) in [6.45, 7) is 3.53. The number of aliphatic hydroxyl groups is 1. The number of aliphatic hydroxyl groups excluding tert-OH is 1. The van der Waals surface area contributed by atoms with Crippen LogP contribution in [0.25, 0.3) is 0 Å². The number of nitrogens with one attached hydrogen (secondary N) is 1. The SMILES string of the molecule is CC(C)N1C(=O)COC(c2ccc(NC(=O)COc3ccccc3)cc2)C1CO. The van der Waals surface area contributed by atoms with Crippen molar-refractivity contribution < 1.29 is 24.2 Å². The van der Waals surface area contributed by atoms with E-state index >= 15 is 0 Å². The van der Waals surface area contributed by atoms with Gasteiger partial charge >= 0.3 is 0 Å². The van der Waals surface area contributed by atoms with Crippen LogP contribution in [-0.4, -0.2) is 53.7 Å². The molecule has 0 saturated carbocycles. The van der Waals surface area contributed by atoms with Gasteiger partial charge in [0.05, 0.1) is 12.6 Å². The highest BCUT2D eigenvalue weighted by molar-refractivity contribution is 5.91. The van der Waals surface area contributed by atoms with Gasteiger partial charge in [0.1, 0.15) is 18.5 Å². The zero-order valence-electron chi connectivity index (χ0n) is 16.6. The van der Waals surface area contributed by atoms with Gasteiger partial charge in [-0.1, -0.05) is 30.3 Å². The number of carbonyl (C=O) groups is 2. The van der Waals surface area contributed by atoms with Gasteiger partial charge in [0.2, 0.25) is 5.91 Å². The molecule has 1 aliphatic heterocycles. The lowest BCUT2D eigenvalue weighted by atomic mass is 9.98. The van der Waals surface area contributed by atoms with Crippen LogP contribution in [0.3, 0.4) is 0 Å². The highest BCUT2D eigenvalue weighted by atomic mass is 16.5. The van der Waals surface area contributed by atoms with Crippen molar-refractivity contribution in [3.05, 3.63) is 60.2 Å². The number of benzene rings is 2. The van der Waals surface area contributed by atoms with Crippen LogP contribution in [0.15, 0.2) is 54.6 Å². The van der Waals surface area contributed by atoms with E-state index in [4.69, 9.17) is 9.47 Å². The van der Waals surface area contributed by atoms with Crippen molar-refractivity contribution in [1.29, 1.82) is 0 Å². The largest absolute Gasteiger partial charge is 0.484 e. The summed E-state index contributed by atoms with van der Waals surface area (Å²) >= 11 is 0. The molecule has 2 N–H and O–H groups in total. The molecule has 2 amide bonds. The summed E-state index contributed by atoms with van der Waals surface area (Å²) in [4.78, 5) is 25.9. The van der Waals surface area contributed by atoms with E-state index in [0.29, 0.717) is 11.4 Å². The van der Waals surface area contributed by atoms with Crippen LogP contribution in [0.1, 0.15) is 25.5 Å². The average molecular weight is 398 g/mol. The second-order valence-corrected chi connectivity index (χ2v) is 7.15. The predicted octanol–water partition coefficient (Wildman–Crippen LogP) is 2.37. The van der Waals surface area contributed by atoms with Crippen molar-refractivity contribution in [3.8, 4) is 5.75 Å². The maximum Gasteiger partial charge on any atom is 0.262 e. The van der Waals surface area contributed by atoms with Crippen LogP contribution < -0.4 is 10.1 Å². The molecule has 1 saturated heterocycles. The Morgan fingerprint density at radius 3 is 2.52 bits per heavy atom. The standard InChI is InChI=1S/C22H26N2O5/c1-15(2)24-19(12-25)22(29-14-21(24)27)16-8-10-17(11-9-16)23-20(26)13-28-18-6-4-3-5-7-18/h3-11,15,19,22,25H,12-14H2,1-2H3,(H,23,26). The van der Waals surface area contributed by atoms with Crippen molar-refractivity contribution in [2.75, 3.05) is 25.1 Å². The Kier molecular flexibility index (Phi) is 6.85. The molecule has 7 heteroatoms. The number of amides is 2. The lowest BCUT2D eigenvalue weighted by molar-refractivity contribution is -0.164. The normalized spacial score (nSPS) is 19.3. The molecule has 0 radical (unpaired) electrons. The third kappa shape index (κ3) is 5.13. The van der Waals surface area contributed by atoms with Gasteiger partial charge in [-0.05, 0) is 43.7 Å². The molecule has 2 unspecified atom stereocenters. The molecule has 29 heavy (non-hydrogen) atoms. The molecule has 7 nitrogen and oxygen atoms in total. The van der Waals surface area contributed by atoms with E-state index in [-0.39, 0.29) is 37.7 Å².